The molecular formula is C14H15Cl2N3. The first-order valence-corrected chi connectivity index (χ1v) is 6.90. The fraction of sp³-hybridized carbons (Fsp3) is 0.286. The number of nitrogens with one attached hydrogen (secondary N) is 1. The highest BCUT2D eigenvalue weighted by Gasteiger charge is 2.15. The molecule has 1 unspecified atom stereocenters. The molecule has 100 valence electrons. The highest BCUT2D eigenvalue weighted by molar-refractivity contribution is 6.42. The maximum absolute atomic E-state index is 6.23. The second-order valence-corrected chi connectivity index (χ2v) is 4.94. The van der Waals surface area contributed by atoms with Gasteiger partial charge < -0.3 is 5.32 Å². The van der Waals surface area contributed by atoms with Crippen LogP contribution >= 0.6 is 23.2 Å². The second-order valence-electron chi connectivity index (χ2n) is 4.16. The molecule has 2 rings (SSSR count). The van der Waals surface area contributed by atoms with E-state index in [4.69, 9.17) is 23.2 Å². The van der Waals surface area contributed by atoms with Crippen LogP contribution in [-0.4, -0.2) is 16.5 Å². The first kappa shape index (κ1) is 14.3. The quantitative estimate of drug-likeness (QED) is 0.914. The number of halogens is 2. The molecule has 0 amide bonds. The highest BCUT2D eigenvalue weighted by Crippen LogP contribution is 2.28. The van der Waals surface area contributed by atoms with Gasteiger partial charge in [-0.2, -0.15) is 0 Å². The van der Waals surface area contributed by atoms with Crippen LogP contribution in [0.5, 0.6) is 0 Å². The van der Waals surface area contributed by atoms with Gasteiger partial charge in [0.05, 0.1) is 21.8 Å². The van der Waals surface area contributed by atoms with Crippen molar-refractivity contribution in [2.45, 2.75) is 19.4 Å². The Morgan fingerprint density at radius 1 is 1.26 bits per heavy atom. The molecule has 1 heterocycles. The lowest BCUT2D eigenvalue weighted by molar-refractivity contribution is 0.534. The van der Waals surface area contributed by atoms with Crippen LogP contribution in [0.15, 0.2) is 36.8 Å². The van der Waals surface area contributed by atoms with Gasteiger partial charge in [-0.1, -0.05) is 42.3 Å². The zero-order valence-electron chi connectivity index (χ0n) is 10.6. The van der Waals surface area contributed by atoms with Gasteiger partial charge in [0.1, 0.15) is 0 Å². The van der Waals surface area contributed by atoms with Crippen molar-refractivity contribution in [1.82, 2.24) is 15.3 Å². The van der Waals surface area contributed by atoms with Crippen LogP contribution in [0.3, 0.4) is 0 Å². The predicted molar refractivity (Wildman–Crippen MR) is 78.6 cm³/mol. The lowest BCUT2D eigenvalue weighted by atomic mass is 10.0. The SMILES string of the molecule is CCNC(Cc1cccc(Cl)c1Cl)c1cnccn1. The van der Waals surface area contributed by atoms with E-state index in [1.807, 2.05) is 12.1 Å². The summed E-state index contributed by atoms with van der Waals surface area (Å²) in [5.74, 6) is 0. The summed E-state index contributed by atoms with van der Waals surface area (Å²) < 4.78 is 0. The molecule has 5 heteroatoms. The zero-order chi connectivity index (χ0) is 13.7. The largest absolute Gasteiger partial charge is 0.309 e. The summed E-state index contributed by atoms with van der Waals surface area (Å²) in [5, 5.41) is 4.57. The third-order valence-corrected chi connectivity index (χ3v) is 3.70. The van der Waals surface area contributed by atoms with Crippen LogP contribution < -0.4 is 5.32 Å². The summed E-state index contributed by atoms with van der Waals surface area (Å²) in [4.78, 5) is 8.45. The number of nitrogens with zero attached hydrogens (tertiary/aromatic N) is 2. The van der Waals surface area contributed by atoms with E-state index >= 15 is 0 Å². The smallest absolute Gasteiger partial charge is 0.0759 e. The molecule has 0 saturated carbocycles. The van der Waals surface area contributed by atoms with Crippen LogP contribution in [0.1, 0.15) is 24.2 Å². The Bertz CT molecular complexity index is 531. The minimum Gasteiger partial charge on any atom is -0.309 e. The van der Waals surface area contributed by atoms with Crippen LogP contribution in [0, 0.1) is 0 Å². The van der Waals surface area contributed by atoms with Crippen molar-refractivity contribution in [3.8, 4) is 0 Å². The number of hydrogen-bond acceptors (Lipinski definition) is 3. The van der Waals surface area contributed by atoms with Gasteiger partial charge in [0.2, 0.25) is 0 Å². The molecule has 0 spiro atoms. The van der Waals surface area contributed by atoms with Gasteiger partial charge >= 0.3 is 0 Å². The molecule has 1 aromatic carbocycles. The Kier molecular flexibility index (Phi) is 5.14. The number of benzene rings is 1. The van der Waals surface area contributed by atoms with Gasteiger partial charge in [-0.3, -0.25) is 9.97 Å². The number of rotatable bonds is 5. The fourth-order valence-corrected chi connectivity index (χ4v) is 2.34. The summed E-state index contributed by atoms with van der Waals surface area (Å²) in [5.41, 5.74) is 1.91. The van der Waals surface area contributed by atoms with Gasteiger partial charge in [0.25, 0.3) is 0 Å². The van der Waals surface area contributed by atoms with Gasteiger partial charge in [0, 0.05) is 18.6 Å². The zero-order valence-corrected chi connectivity index (χ0v) is 12.1. The molecule has 1 N–H and O–H groups in total. The highest BCUT2D eigenvalue weighted by atomic mass is 35.5. The third kappa shape index (κ3) is 3.66. The van der Waals surface area contributed by atoms with E-state index in [1.54, 1.807) is 24.7 Å². The first-order valence-electron chi connectivity index (χ1n) is 6.14. The maximum Gasteiger partial charge on any atom is 0.0759 e. The van der Waals surface area contributed by atoms with E-state index in [0.29, 0.717) is 10.0 Å². The molecule has 0 aliphatic carbocycles. The van der Waals surface area contributed by atoms with E-state index in [0.717, 1.165) is 24.2 Å². The Hall–Kier alpha value is -1.16. The van der Waals surface area contributed by atoms with E-state index in [2.05, 4.69) is 22.2 Å². The predicted octanol–water partition coefficient (Wildman–Crippen LogP) is 3.68. The number of hydrogen-bond donors (Lipinski definition) is 1. The molecule has 3 nitrogen and oxygen atoms in total. The first-order chi connectivity index (χ1) is 9.22. The molecule has 0 aliphatic rings. The Morgan fingerprint density at radius 3 is 2.79 bits per heavy atom. The van der Waals surface area contributed by atoms with Crippen LogP contribution in [0.4, 0.5) is 0 Å². The molecule has 0 aliphatic heterocycles. The van der Waals surface area contributed by atoms with Crippen LogP contribution in [-0.2, 0) is 6.42 Å². The summed E-state index contributed by atoms with van der Waals surface area (Å²) in [6.07, 6.45) is 5.86. The lowest BCUT2D eigenvalue weighted by Crippen LogP contribution is -2.24. The molecule has 2 aromatic rings. The number of aromatic nitrogens is 2. The van der Waals surface area contributed by atoms with E-state index < -0.39 is 0 Å². The van der Waals surface area contributed by atoms with Crippen molar-refractivity contribution in [3.05, 3.63) is 58.1 Å². The molecule has 19 heavy (non-hydrogen) atoms. The Balaban J connectivity index is 2.24. The van der Waals surface area contributed by atoms with Gasteiger partial charge in [-0.05, 0) is 24.6 Å². The van der Waals surface area contributed by atoms with Gasteiger partial charge in [-0.15, -0.1) is 0 Å². The van der Waals surface area contributed by atoms with Crippen molar-refractivity contribution in [3.63, 3.8) is 0 Å². The van der Waals surface area contributed by atoms with Crippen molar-refractivity contribution in [1.29, 1.82) is 0 Å². The van der Waals surface area contributed by atoms with E-state index in [1.165, 1.54) is 0 Å². The summed E-state index contributed by atoms with van der Waals surface area (Å²) in [6.45, 7) is 2.91. The standard InChI is InChI=1S/C14H15Cl2N3/c1-2-18-12(13-9-17-6-7-19-13)8-10-4-3-5-11(15)14(10)16/h3-7,9,12,18H,2,8H2,1H3. The second kappa shape index (κ2) is 6.85. The molecule has 0 saturated heterocycles. The molecule has 0 radical (unpaired) electrons. The maximum atomic E-state index is 6.23. The molecule has 0 fully saturated rings. The Morgan fingerprint density at radius 2 is 2.11 bits per heavy atom. The molecule has 1 atom stereocenters. The van der Waals surface area contributed by atoms with Crippen molar-refractivity contribution in [2.24, 2.45) is 0 Å². The minimum absolute atomic E-state index is 0.0784. The third-order valence-electron chi connectivity index (χ3n) is 2.85. The average molecular weight is 296 g/mol. The normalized spacial score (nSPS) is 12.4. The average Bonchev–Trinajstić information content (AvgIpc) is 2.44. The van der Waals surface area contributed by atoms with Crippen molar-refractivity contribution >= 4 is 23.2 Å². The molecule has 1 aromatic heterocycles. The minimum atomic E-state index is 0.0784. The molecular weight excluding hydrogens is 281 g/mol. The van der Waals surface area contributed by atoms with Crippen molar-refractivity contribution < 1.29 is 0 Å². The van der Waals surface area contributed by atoms with Gasteiger partial charge in [0.15, 0.2) is 0 Å². The van der Waals surface area contributed by atoms with Crippen molar-refractivity contribution in [2.75, 3.05) is 6.54 Å². The van der Waals surface area contributed by atoms with Crippen LogP contribution in [0.2, 0.25) is 10.0 Å². The van der Waals surface area contributed by atoms with E-state index in [9.17, 15) is 0 Å². The van der Waals surface area contributed by atoms with Crippen LogP contribution in [0.25, 0.3) is 0 Å². The topological polar surface area (TPSA) is 37.8 Å². The monoisotopic (exact) mass is 295 g/mol. The fourth-order valence-electron chi connectivity index (χ4n) is 1.94. The van der Waals surface area contributed by atoms with Gasteiger partial charge in [-0.25, -0.2) is 0 Å². The summed E-state index contributed by atoms with van der Waals surface area (Å²) >= 11 is 12.3. The summed E-state index contributed by atoms with van der Waals surface area (Å²) in [7, 11) is 0. The summed E-state index contributed by atoms with van der Waals surface area (Å²) in [6, 6.07) is 5.76. The Labute approximate surface area is 123 Å². The molecule has 0 bridgehead atoms. The number of likely N-dealkylation sites (N-methyl/N-ethyl adjacent to an activating group) is 1. The lowest BCUT2D eigenvalue weighted by Gasteiger charge is -2.18. The van der Waals surface area contributed by atoms with E-state index in [-0.39, 0.29) is 6.04 Å².